The van der Waals surface area contributed by atoms with E-state index >= 15 is 0 Å². The lowest BCUT2D eigenvalue weighted by Gasteiger charge is -2.43. The lowest BCUT2D eigenvalue weighted by molar-refractivity contribution is -0.146. The van der Waals surface area contributed by atoms with E-state index in [-0.39, 0.29) is 24.8 Å². The van der Waals surface area contributed by atoms with E-state index in [1.54, 1.807) is 32.2 Å². The molecule has 3 aliphatic rings. The highest BCUT2D eigenvalue weighted by molar-refractivity contribution is 7.80. The molecule has 1 aromatic heterocycles. The van der Waals surface area contributed by atoms with Crippen molar-refractivity contribution in [3.63, 3.8) is 0 Å². The maximum Gasteiger partial charge on any atom is 0.338 e. The van der Waals surface area contributed by atoms with Gasteiger partial charge in [0.2, 0.25) is 0 Å². The van der Waals surface area contributed by atoms with Crippen molar-refractivity contribution in [3.8, 4) is 0 Å². The van der Waals surface area contributed by atoms with E-state index in [1.165, 1.54) is 17.4 Å². The summed E-state index contributed by atoms with van der Waals surface area (Å²) in [7, 11) is 1.86. The number of hydrogen-bond acceptors (Lipinski definition) is 9. The number of carboxylic acids is 1. The van der Waals surface area contributed by atoms with Crippen LogP contribution in [0.2, 0.25) is 0 Å². The van der Waals surface area contributed by atoms with Crippen molar-refractivity contribution in [2.45, 2.75) is 32.0 Å². The van der Waals surface area contributed by atoms with Gasteiger partial charge in [0.05, 0.1) is 18.2 Å². The van der Waals surface area contributed by atoms with E-state index < -0.39 is 29.8 Å². The van der Waals surface area contributed by atoms with Crippen LogP contribution in [-0.2, 0) is 14.3 Å². The maximum atomic E-state index is 14.7. The molecule has 3 unspecified atom stereocenters. The molecule has 3 atom stereocenters. The number of esters is 1. The van der Waals surface area contributed by atoms with Crippen LogP contribution in [0.1, 0.15) is 29.1 Å². The van der Waals surface area contributed by atoms with Gasteiger partial charge in [-0.05, 0) is 43.3 Å². The molecule has 2 N–H and O–H groups in total. The Kier molecular flexibility index (Phi) is 7.65. The van der Waals surface area contributed by atoms with Gasteiger partial charge in [-0.25, -0.2) is 14.2 Å². The molecular weight excluding hydrogens is 543 g/mol. The second-order valence-electron chi connectivity index (χ2n) is 9.59. The van der Waals surface area contributed by atoms with Crippen molar-refractivity contribution in [2.24, 2.45) is 4.99 Å². The van der Waals surface area contributed by atoms with Crippen LogP contribution in [0.25, 0.3) is 0 Å². The molecule has 0 spiro atoms. The summed E-state index contributed by atoms with van der Waals surface area (Å²) in [5, 5.41) is 16.6. The Hall–Kier alpha value is -3.42. The molecule has 0 amide bonds. The molecule has 3 aliphatic heterocycles. The number of nitrogens with zero attached hydrogens (tertiary/aromatic N) is 5. The predicted molar refractivity (Wildman–Crippen MR) is 148 cm³/mol. The summed E-state index contributed by atoms with van der Waals surface area (Å²) in [6.45, 7) is 5.06. The Morgan fingerprint density at radius 3 is 2.82 bits per heavy atom. The number of benzene rings is 1. The van der Waals surface area contributed by atoms with E-state index in [2.05, 4.69) is 10.3 Å². The number of carboxylic acid groups (broad SMARTS) is 1. The highest BCUT2D eigenvalue weighted by atomic mass is 32.1. The summed E-state index contributed by atoms with van der Waals surface area (Å²) < 4.78 is 20.1. The fourth-order valence-electron chi connectivity index (χ4n) is 5.43. The van der Waals surface area contributed by atoms with Crippen molar-refractivity contribution >= 4 is 46.4 Å². The summed E-state index contributed by atoms with van der Waals surface area (Å²) in [6.07, 6.45) is 1.65. The summed E-state index contributed by atoms with van der Waals surface area (Å²) in [4.78, 5) is 40.9. The lowest BCUT2D eigenvalue weighted by Crippen LogP contribution is -2.62. The third kappa shape index (κ3) is 5.01. The third-order valence-electron chi connectivity index (χ3n) is 7.29. The van der Waals surface area contributed by atoms with Gasteiger partial charge in [0.25, 0.3) is 0 Å². The monoisotopic (exact) mass is 572 g/mol. The quantitative estimate of drug-likeness (QED) is 0.378. The molecule has 0 saturated carbocycles. The van der Waals surface area contributed by atoms with E-state index in [0.717, 1.165) is 0 Å². The van der Waals surface area contributed by atoms with E-state index in [9.17, 15) is 19.1 Å². The largest absolute Gasteiger partial charge is 0.480 e. The number of thiocarbonyl (C=S) groups is 1. The minimum Gasteiger partial charge on any atom is -0.480 e. The molecule has 1 aromatic carbocycles. The first kappa shape index (κ1) is 27.2. The smallest absolute Gasteiger partial charge is 0.338 e. The van der Waals surface area contributed by atoms with E-state index in [4.69, 9.17) is 21.9 Å². The molecule has 0 radical (unpaired) electrons. The first-order valence-electron chi connectivity index (χ1n) is 12.6. The van der Waals surface area contributed by atoms with Gasteiger partial charge in [0, 0.05) is 50.5 Å². The van der Waals surface area contributed by atoms with Crippen LogP contribution in [0, 0.1) is 12.7 Å². The standard InChI is InChI=1S/C26H29FN6O4S2/c1-4-37-25(36)19-17(12-32-9-10-33-18(21(32)24(34)35)13-31(3)26(33)38)29-22(23-28-8-11-39-23)30-20(19)15-6-5-7-16(27)14(15)2/h5-8,11,18,20-21H,4,9-10,12-13H2,1-3H3,(H,29,30)(H,34,35). The molecule has 39 heavy (non-hydrogen) atoms. The van der Waals surface area contributed by atoms with Crippen LogP contribution in [0.15, 0.2) is 46.0 Å². The molecule has 5 rings (SSSR count). The topological polar surface area (TPSA) is 111 Å². The number of thiazole rings is 1. The van der Waals surface area contributed by atoms with Gasteiger partial charge in [0.1, 0.15) is 17.9 Å². The molecule has 0 bridgehead atoms. The van der Waals surface area contributed by atoms with Gasteiger partial charge in [-0.3, -0.25) is 14.7 Å². The number of ether oxygens (including phenoxy) is 1. The first-order chi connectivity index (χ1) is 18.7. The van der Waals surface area contributed by atoms with Crippen LogP contribution >= 0.6 is 23.6 Å². The SMILES string of the molecule is CCOC(=O)C1=C(CN2CCN3C(=S)N(C)CC3C2C(=O)O)NC(c2nccs2)=NC1c1cccc(F)c1C. The number of aliphatic carboxylic acids is 1. The number of fused-ring (bicyclic) bond motifs is 1. The number of aliphatic imine (C=N–C) groups is 1. The van der Waals surface area contributed by atoms with Gasteiger partial charge in [0.15, 0.2) is 16.0 Å². The van der Waals surface area contributed by atoms with Crippen LogP contribution in [0.3, 0.4) is 0 Å². The number of carbonyl (C=O) groups excluding carboxylic acids is 1. The molecule has 0 aliphatic carbocycles. The molecule has 206 valence electrons. The fourth-order valence-corrected chi connectivity index (χ4v) is 6.32. The minimum atomic E-state index is -0.969. The molecule has 2 saturated heterocycles. The summed E-state index contributed by atoms with van der Waals surface area (Å²) >= 11 is 6.89. The van der Waals surface area contributed by atoms with Crippen LogP contribution in [0.4, 0.5) is 4.39 Å². The lowest BCUT2D eigenvalue weighted by atomic mass is 9.91. The van der Waals surface area contributed by atoms with Gasteiger partial charge < -0.3 is 25.0 Å². The highest BCUT2D eigenvalue weighted by Crippen LogP contribution is 2.36. The Balaban J connectivity index is 1.60. The van der Waals surface area contributed by atoms with Gasteiger partial charge in [-0.1, -0.05) is 12.1 Å². The third-order valence-corrected chi connectivity index (χ3v) is 8.62. The van der Waals surface area contributed by atoms with Crippen molar-refractivity contribution in [1.29, 1.82) is 0 Å². The van der Waals surface area contributed by atoms with Crippen LogP contribution in [-0.4, -0.2) is 99.6 Å². The van der Waals surface area contributed by atoms with Crippen LogP contribution in [0.5, 0.6) is 0 Å². The number of likely N-dealkylation sites (N-methyl/N-ethyl adjacent to an activating group) is 1. The molecule has 10 nitrogen and oxygen atoms in total. The zero-order chi connectivity index (χ0) is 27.8. The van der Waals surface area contributed by atoms with E-state index in [1.807, 2.05) is 27.1 Å². The zero-order valence-electron chi connectivity index (χ0n) is 21.8. The fraction of sp³-hybridized carbons (Fsp3) is 0.423. The average molecular weight is 573 g/mol. The van der Waals surface area contributed by atoms with Crippen molar-refractivity contribution in [3.05, 3.63) is 63.0 Å². The number of carbonyl (C=O) groups is 2. The Bertz CT molecular complexity index is 1360. The normalized spacial score (nSPS) is 23.4. The predicted octanol–water partition coefficient (Wildman–Crippen LogP) is 2.17. The van der Waals surface area contributed by atoms with Crippen molar-refractivity contribution in [2.75, 3.05) is 39.8 Å². The Labute approximate surface area is 234 Å². The summed E-state index contributed by atoms with van der Waals surface area (Å²) in [6, 6.07) is 2.61. The number of halogens is 1. The minimum absolute atomic E-state index is 0.112. The van der Waals surface area contributed by atoms with Crippen molar-refractivity contribution in [1.82, 2.24) is 25.0 Å². The summed E-state index contributed by atoms with van der Waals surface area (Å²) in [5.74, 6) is -1.55. The van der Waals surface area contributed by atoms with Gasteiger partial charge in [-0.2, -0.15) is 0 Å². The molecule has 13 heteroatoms. The molecular formula is C26H29FN6O4S2. The summed E-state index contributed by atoms with van der Waals surface area (Å²) in [5.41, 5.74) is 1.56. The molecule has 4 heterocycles. The number of amidine groups is 1. The maximum absolute atomic E-state index is 14.7. The Morgan fingerprint density at radius 2 is 2.13 bits per heavy atom. The number of aromatic nitrogens is 1. The number of rotatable bonds is 7. The average Bonchev–Trinajstić information content (AvgIpc) is 3.53. The van der Waals surface area contributed by atoms with Gasteiger partial charge in [-0.15, -0.1) is 11.3 Å². The molecule has 2 aromatic rings. The Morgan fingerprint density at radius 1 is 1.33 bits per heavy atom. The number of piperazine rings is 1. The van der Waals surface area contributed by atoms with E-state index in [0.29, 0.717) is 52.4 Å². The number of nitrogens with one attached hydrogen (secondary N) is 1. The highest BCUT2D eigenvalue weighted by Gasteiger charge is 2.47. The van der Waals surface area contributed by atoms with Crippen molar-refractivity contribution < 1.29 is 23.8 Å². The second-order valence-corrected chi connectivity index (χ2v) is 10.8. The zero-order valence-corrected chi connectivity index (χ0v) is 23.4. The first-order valence-corrected chi connectivity index (χ1v) is 13.9. The van der Waals surface area contributed by atoms with Crippen LogP contribution < -0.4 is 5.32 Å². The molecule has 2 fully saturated rings. The second kappa shape index (κ2) is 11.0. The number of hydrogen-bond donors (Lipinski definition) is 2. The van der Waals surface area contributed by atoms with Gasteiger partial charge >= 0.3 is 11.9 Å².